The fourth-order valence-electron chi connectivity index (χ4n) is 3.10. The minimum absolute atomic E-state index is 0.00297. The molecule has 7 heteroatoms. The molecular formula is C17H22N2O4S. The number of ether oxygens (including phenoxy) is 1. The van der Waals surface area contributed by atoms with Crippen molar-refractivity contribution in [3.8, 4) is 0 Å². The van der Waals surface area contributed by atoms with Crippen LogP contribution in [0.4, 0.5) is 0 Å². The second-order valence-electron chi connectivity index (χ2n) is 6.22. The Hall–Kier alpha value is -1.89. The number of thiophene rings is 1. The molecule has 24 heavy (non-hydrogen) atoms. The van der Waals surface area contributed by atoms with Crippen molar-refractivity contribution in [1.82, 2.24) is 9.80 Å². The summed E-state index contributed by atoms with van der Waals surface area (Å²) in [6.07, 6.45) is 4.14. The van der Waals surface area contributed by atoms with E-state index in [0.717, 1.165) is 25.7 Å². The number of nitrogens with zero attached hydrogens (tertiary/aromatic N) is 2. The first-order valence-electron chi connectivity index (χ1n) is 8.40. The zero-order valence-corrected chi connectivity index (χ0v) is 14.5. The van der Waals surface area contributed by atoms with Crippen molar-refractivity contribution in [3.05, 3.63) is 21.9 Å². The van der Waals surface area contributed by atoms with Crippen molar-refractivity contribution in [3.63, 3.8) is 0 Å². The third-order valence-corrected chi connectivity index (χ3v) is 5.53. The number of carbonyl (C=O) groups excluding carboxylic acids is 3. The minimum Gasteiger partial charge on any atom is -0.454 e. The van der Waals surface area contributed by atoms with Crippen molar-refractivity contribution in [2.45, 2.75) is 38.6 Å². The maximum atomic E-state index is 12.2. The summed E-state index contributed by atoms with van der Waals surface area (Å²) in [6.45, 7) is 1.53. The Morgan fingerprint density at radius 2 is 2.04 bits per heavy atom. The van der Waals surface area contributed by atoms with Crippen LogP contribution in [0, 0.1) is 0 Å². The summed E-state index contributed by atoms with van der Waals surface area (Å²) < 4.78 is 5.10. The Balaban J connectivity index is 1.44. The number of esters is 1. The monoisotopic (exact) mass is 350 g/mol. The van der Waals surface area contributed by atoms with E-state index in [4.69, 9.17) is 4.74 Å². The molecular weight excluding hydrogens is 328 g/mol. The average molecular weight is 350 g/mol. The Kier molecular flexibility index (Phi) is 5.50. The van der Waals surface area contributed by atoms with E-state index in [0.29, 0.717) is 26.1 Å². The van der Waals surface area contributed by atoms with Crippen LogP contribution >= 0.6 is 11.3 Å². The van der Waals surface area contributed by atoms with Crippen molar-refractivity contribution >= 4 is 29.1 Å². The number of rotatable bonds is 4. The zero-order valence-electron chi connectivity index (χ0n) is 13.7. The number of likely N-dealkylation sites (tertiary alicyclic amines) is 1. The van der Waals surface area contributed by atoms with E-state index in [-0.39, 0.29) is 25.0 Å². The van der Waals surface area contributed by atoms with Gasteiger partial charge in [-0.15, -0.1) is 11.3 Å². The normalized spacial score (nSPS) is 18.1. The summed E-state index contributed by atoms with van der Waals surface area (Å²) >= 11 is 1.72. The molecule has 2 aliphatic heterocycles. The van der Waals surface area contributed by atoms with Gasteiger partial charge in [0.1, 0.15) is 6.54 Å². The highest BCUT2D eigenvalue weighted by Crippen LogP contribution is 2.23. The van der Waals surface area contributed by atoms with Crippen LogP contribution in [0.3, 0.4) is 0 Å². The fourth-order valence-corrected chi connectivity index (χ4v) is 3.99. The lowest BCUT2D eigenvalue weighted by Crippen LogP contribution is -2.40. The van der Waals surface area contributed by atoms with E-state index < -0.39 is 5.97 Å². The molecule has 0 saturated carbocycles. The first-order valence-corrected chi connectivity index (χ1v) is 9.28. The van der Waals surface area contributed by atoms with Gasteiger partial charge in [0.15, 0.2) is 6.61 Å². The van der Waals surface area contributed by atoms with Gasteiger partial charge >= 0.3 is 5.97 Å². The third-order valence-electron chi connectivity index (χ3n) is 4.51. The van der Waals surface area contributed by atoms with Gasteiger partial charge in [0.05, 0.1) is 0 Å². The third kappa shape index (κ3) is 4.14. The first-order chi connectivity index (χ1) is 11.6. The van der Waals surface area contributed by atoms with Gasteiger partial charge in [0, 0.05) is 30.9 Å². The molecule has 0 unspecified atom stereocenters. The van der Waals surface area contributed by atoms with Crippen LogP contribution in [0.15, 0.2) is 11.4 Å². The Bertz CT molecular complexity index is 628. The smallest absolute Gasteiger partial charge is 0.326 e. The van der Waals surface area contributed by atoms with Gasteiger partial charge in [-0.2, -0.15) is 0 Å². The fraction of sp³-hybridized carbons (Fsp3) is 0.588. The van der Waals surface area contributed by atoms with Crippen molar-refractivity contribution in [1.29, 1.82) is 0 Å². The molecule has 1 saturated heterocycles. The summed E-state index contributed by atoms with van der Waals surface area (Å²) in [5.74, 6) is -0.689. The van der Waals surface area contributed by atoms with Gasteiger partial charge in [0.2, 0.25) is 5.91 Å². The van der Waals surface area contributed by atoms with E-state index in [9.17, 15) is 14.4 Å². The molecule has 0 N–H and O–H groups in total. The van der Waals surface area contributed by atoms with Gasteiger partial charge in [-0.05, 0) is 36.3 Å². The number of hydrogen-bond acceptors (Lipinski definition) is 5. The maximum absolute atomic E-state index is 12.2. The molecule has 0 aliphatic carbocycles. The van der Waals surface area contributed by atoms with Crippen LogP contribution in [-0.2, 0) is 32.1 Å². The average Bonchev–Trinajstić information content (AvgIpc) is 2.96. The molecule has 0 radical (unpaired) electrons. The lowest BCUT2D eigenvalue weighted by atomic mass is 10.1. The molecule has 3 rings (SSSR count). The van der Waals surface area contributed by atoms with E-state index >= 15 is 0 Å². The second kappa shape index (κ2) is 7.79. The minimum atomic E-state index is -0.508. The van der Waals surface area contributed by atoms with Crippen molar-refractivity contribution in [2.75, 3.05) is 26.2 Å². The molecule has 2 aliphatic rings. The van der Waals surface area contributed by atoms with E-state index in [1.54, 1.807) is 21.1 Å². The van der Waals surface area contributed by atoms with Gasteiger partial charge in [0.25, 0.3) is 5.91 Å². The summed E-state index contributed by atoms with van der Waals surface area (Å²) in [7, 11) is 0. The molecule has 1 aromatic heterocycles. The topological polar surface area (TPSA) is 66.9 Å². The lowest BCUT2D eigenvalue weighted by molar-refractivity contribution is -0.155. The number of amides is 2. The molecule has 6 nitrogen and oxygen atoms in total. The summed E-state index contributed by atoms with van der Waals surface area (Å²) in [6, 6.07) is 2.04. The molecule has 2 amide bonds. The molecule has 1 aromatic rings. The number of hydrogen-bond donors (Lipinski definition) is 0. The molecule has 0 aromatic carbocycles. The highest BCUT2D eigenvalue weighted by molar-refractivity contribution is 7.10. The van der Waals surface area contributed by atoms with Crippen LogP contribution in [0.2, 0.25) is 0 Å². The summed E-state index contributed by atoms with van der Waals surface area (Å²) in [4.78, 5) is 40.6. The Labute approximate surface area is 145 Å². The van der Waals surface area contributed by atoms with Crippen LogP contribution < -0.4 is 0 Å². The molecule has 0 spiro atoms. The lowest BCUT2D eigenvalue weighted by Gasteiger charge is -2.27. The first kappa shape index (κ1) is 17.0. The standard InChI is InChI=1S/C17H22N2O4S/c20-15-4-2-1-3-7-18(15)11-17(22)23-12-16(21)19-8-5-14-13(10-19)6-9-24-14/h6,9H,1-5,7-8,10-12H2. The van der Waals surface area contributed by atoms with Gasteiger partial charge in [-0.3, -0.25) is 14.4 Å². The number of carbonyl (C=O) groups is 3. The molecule has 0 atom stereocenters. The summed E-state index contributed by atoms with van der Waals surface area (Å²) in [5.41, 5.74) is 1.18. The predicted octanol–water partition coefficient (Wildman–Crippen LogP) is 1.58. The van der Waals surface area contributed by atoms with Gasteiger partial charge in [-0.1, -0.05) is 6.42 Å². The predicted molar refractivity (Wildman–Crippen MR) is 89.4 cm³/mol. The van der Waals surface area contributed by atoms with E-state index in [1.807, 2.05) is 11.4 Å². The molecule has 3 heterocycles. The molecule has 1 fully saturated rings. The Morgan fingerprint density at radius 3 is 2.92 bits per heavy atom. The number of fused-ring (bicyclic) bond motifs is 1. The van der Waals surface area contributed by atoms with Crippen LogP contribution in [-0.4, -0.2) is 53.8 Å². The molecule has 0 bridgehead atoms. The largest absolute Gasteiger partial charge is 0.454 e. The highest BCUT2D eigenvalue weighted by atomic mass is 32.1. The van der Waals surface area contributed by atoms with Crippen LogP contribution in [0.1, 0.15) is 36.1 Å². The van der Waals surface area contributed by atoms with E-state index in [2.05, 4.69) is 0 Å². The van der Waals surface area contributed by atoms with Crippen molar-refractivity contribution in [2.24, 2.45) is 0 Å². The SMILES string of the molecule is O=C(CN1CCCCCC1=O)OCC(=O)N1CCc2sccc2C1. The highest BCUT2D eigenvalue weighted by Gasteiger charge is 2.24. The Morgan fingerprint density at radius 1 is 1.17 bits per heavy atom. The van der Waals surface area contributed by atoms with Gasteiger partial charge < -0.3 is 14.5 Å². The molecule has 130 valence electrons. The maximum Gasteiger partial charge on any atom is 0.326 e. The summed E-state index contributed by atoms with van der Waals surface area (Å²) in [5, 5.41) is 2.04. The zero-order chi connectivity index (χ0) is 16.9. The second-order valence-corrected chi connectivity index (χ2v) is 7.22. The quantitative estimate of drug-likeness (QED) is 0.773. The van der Waals surface area contributed by atoms with Crippen LogP contribution in [0.5, 0.6) is 0 Å². The van der Waals surface area contributed by atoms with Crippen molar-refractivity contribution < 1.29 is 19.1 Å². The van der Waals surface area contributed by atoms with Gasteiger partial charge in [-0.25, -0.2) is 0 Å². The van der Waals surface area contributed by atoms with E-state index in [1.165, 1.54) is 10.4 Å². The van der Waals surface area contributed by atoms with Crippen LogP contribution in [0.25, 0.3) is 0 Å².